The van der Waals surface area contributed by atoms with Crippen molar-refractivity contribution in [1.82, 2.24) is 0 Å². The number of methoxy groups -OCH3 is 1. The van der Waals surface area contributed by atoms with Gasteiger partial charge in [0, 0.05) is 16.3 Å². The molecule has 0 aromatic heterocycles. The molecule has 0 radical (unpaired) electrons. The second kappa shape index (κ2) is 9.17. The molecule has 0 atom stereocenters. The predicted molar refractivity (Wildman–Crippen MR) is 121 cm³/mol. The summed E-state index contributed by atoms with van der Waals surface area (Å²) < 4.78 is 55.8. The summed E-state index contributed by atoms with van der Waals surface area (Å²) in [5.41, 5.74) is 0.581. The molecular weight excluding hydrogens is 478 g/mol. The summed E-state index contributed by atoms with van der Waals surface area (Å²) in [5, 5.41) is 8.12. The molecule has 0 heterocycles. The summed E-state index contributed by atoms with van der Waals surface area (Å²) in [6, 6.07) is 15.0. The summed E-state index contributed by atoms with van der Waals surface area (Å²) in [4.78, 5) is 12.2. The molecule has 0 bridgehead atoms. The van der Waals surface area contributed by atoms with Crippen LogP contribution in [0.2, 0.25) is 5.02 Å². The number of rotatable bonds is 7. The monoisotopic (exact) mass is 495 g/mol. The third kappa shape index (κ3) is 5.56. The molecule has 32 heavy (non-hydrogen) atoms. The molecular formula is C20H18ClN3O6S2. The number of hydrogen-bond donors (Lipinski definition) is 3. The number of halogens is 1. The van der Waals surface area contributed by atoms with Crippen LogP contribution in [0.15, 0.2) is 76.5 Å². The maximum Gasteiger partial charge on any atom is 0.261 e. The summed E-state index contributed by atoms with van der Waals surface area (Å²) in [7, 11) is -6.59. The zero-order valence-corrected chi connectivity index (χ0v) is 19.0. The van der Waals surface area contributed by atoms with Gasteiger partial charge in [-0.25, -0.2) is 22.0 Å². The number of nitrogens with two attached hydrogens (primary N) is 1. The largest absolute Gasteiger partial charge is 0.495 e. The van der Waals surface area contributed by atoms with Gasteiger partial charge < -0.3 is 10.1 Å². The lowest BCUT2D eigenvalue weighted by Gasteiger charge is -2.14. The van der Waals surface area contributed by atoms with Crippen molar-refractivity contribution in [1.29, 1.82) is 0 Å². The van der Waals surface area contributed by atoms with Crippen LogP contribution in [0.4, 0.5) is 11.4 Å². The van der Waals surface area contributed by atoms with E-state index >= 15 is 0 Å². The highest BCUT2D eigenvalue weighted by molar-refractivity contribution is 7.92. The van der Waals surface area contributed by atoms with Crippen LogP contribution >= 0.6 is 11.6 Å². The predicted octanol–water partition coefficient (Wildman–Crippen LogP) is 3.05. The first-order chi connectivity index (χ1) is 15.0. The van der Waals surface area contributed by atoms with Gasteiger partial charge >= 0.3 is 0 Å². The van der Waals surface area contributed by atoms with Crippen LogP contribution in [0, 0.1) is 0 Å². The van der Waals surface area contributed by atoms with Gasteiger partial charge in [0.05, 0.1) is 22.6 Å². The molecule has 12 heteroatoms. The minimum atomic E-state index is -4.07. The molecule has 0 aliphatic rings. The highest BCUT2D eigenvalue weighted by atomic mass is 35.5. The summed E-state index contributed by atoms with van der Waals surface area (Å²) in [6.45, 7) is 0. The molecule has 3 rings (SSSR count). The van der Waals surface area contributed by atoms with Crippen LogP contribution in [0.1, 0.15) is 10.4 Å². The Labute approximate surface area is 190 Å². The second-order valence-electron chi connectivity index (χ2n) is 6.50. The van der Waals surface area contributed by atoms with Crippen molar-refractivity contribution in [2.75, 3.05) is 17.1 Å². The van der Waals surface area contributed by atoms with Crippen molar-refractivity contribution < 1.29 is 26.4 Å². The van der Waals surface area contributed by atoms with E-state index in [1.165, 1.54) is 61.7 Å². The van der Waals surface area contributed by atoms with Crippen LogP contribution in [-0.4, -0.2) is 29.9 Å². The number of nitrogens with one attached hydrogen (secondary N) is 2. The molecule has 0 aliphatic heterocycles. The highest BCUT2D eigenvalue weighted by Gasteiger charge is 2.19. The van der Waals surface area contributed by atoms with E-state index in [0.717, 1.165) is 0 Å². The minimum Gasteiger partial charge on any atom is -0.495 e. The van der Waals surface area contributed by atoms with Crippen LogP contribution in [0.3, 0.4) is 0 Å². The molecule has 0 unspecified atom stereocenters. The minimum absolute atomic E-state index is 0.125. The molecule has 4 N–H and O–H groups in total. The number of primary sulfonamides is 1. The average Bonchev–Trinajstić information content (AvgIpc) is 2.73. The van der Waals surface area contributed by atoms with Gasteiger partial charge in [-0.1, -0.05) is 11.6 Å². The number of sulfonamides is 2. The Hall–Kier alpha value is -3.12. The summed E-state index contributed by atoms with van der Waals surface area (Å²) >= 11 is 5.83. The van der Waals surface area contributed by atoms with Crippen molar-refractivity contribution in [3.63, 3.8) is 0 Å². The van der Waals surface area contributed by atoms with E-state index in [9.17, 15) is 21.6 Å². The van der Waals surface area contributed by atoms with Crippen molar-refractivity contribution in [2.45, 2.75) is 9.79 Å². The number of amides is 1. The van der Waals surface area contributed by atoms with Crippen molar-refractivity contribution in [2.24, 2.45) is 5.14 Å². The first kappa shape index (κ1) is 23.5. The van der Waals surface area contributed by atoms with Gasteiger partial charge in [-0.3, -0.25) is 9.52 Å². The van der Waals surface area contributed by atoms with Crippen LogP contribution in [0.25, 0.3) is 0 Å². The van der Waals surface area contributed by atoms with Gasteiger partial charge in [0.15, 0.2) is 0 Å². The fourth-order valence-corrected chi connectivity index (χ4v) is 4.40. The van der Waals surface area contributed by atoms with Gasteiger partial charge in [0.1, 0.15) is 5.75 Å². The molecule has 168 valence electrons. The Balaban J connectivity index is 1.87. The molecule has 0 saturated carbocycles. The smallest absolute Gasteiger partial charge is 0.261 e. The molecule has 3 aromatic rings. The number of hydrogen-bond acceptors (Lipinski definition) is 6. The van der Waals surface area contributed by atoms with E-state index in [4.69, 9.17) is 21.5 Å². The Morgan fingerprint density at radius 1 is 0.906 bits per heavy atom. The standard InChI is InChI=1S/C20H18ClN3O6S2/c1-30-19-11-10-17(12-18(19)23-20(25)13-2-4-14(21)5-3-13)32(28,29)24-15-6-8-16(9-7-15)31(22,26)27/h2-12,24H,1H3,(H,23,25)(H2,22,26,27). The maximum absolute atomic E-state index is 12.8. The summed E-state index contributed by atoms with van der Waals surface area (Å²) in [5.74, 6) is -0.232. The zero-order valence-electron chi connectivity index (χ0n) is 16.6. The number of carbonyl (C=O) groups is 1. The van der Waals surface area contributed by atoms with E-state index in [1.54, 1.807) is 12.1 Å². The second-order valence-corrected chi connectivity index (χ2v) is 10.2. The van der Waals surface area contributed by atoms with E-state index < -0.39 is 26.0 Å². The molecule has 0 saturated heterocycles. The van der Waals surface area contributed by atoms with Gasteiger partial charge in [-0.2, -0.15) is 0 Å². The molecule has 0 aliphatic carbocycles. The number of ether oxygens (including phenoxy) is 1. The zero-order chi connectivity index (χ0) is 23.5. The van der Waals surface area contributed by atoms with Gasteiger partial charge in [0.2, 0.25) is 10.0 Å². The Kier molecular flexibility index (Phi) is 6.74. The lowest BCUT2D eigenvalue weighted by Crippen LogP contribution is -2.16. The first-order valence-corrected chi connectivity index (χ1v) is 12.3. The fourth-order valence-electron chi connectivity index (χ4n) is 2.67. The number of carbonyl (C=O) groups excluding carboxylic acids is 1. The Bertz CT molecular complexity index is 1360. The normalized spacial score (nSPS) is 11.6. The fraction of sp³-hybridized carbons (Fsp3) is 0.0500. The maximum atomic E-state index is 12.8. The van der Waals surface area contributed by atoms with E-state index in [0.29, 0.717) is 10.6 Å². The van der Waals surface area contributed by atoms with E-state index in [2.05, 4.69) is 10.0 Å². The van der Waals surface area contributed by atoms with Crippen molar-refractivity contribution >= 4 is 48.9 Å². The van der Waals surface area contributed by atoms with Gasteiger partial charge in [-0.05, 0) is 66.7 Å². The van der Waals surface area contributed by atoms with Crippen LogP contribution in [-0.2, 0) is 20.0 Å². The lowest BCUT2D eigenvalue weighted by atomic mass is 10.2. The quantitative estimate of drug-likeness (QED) is 0.459. The topological polar surface area (TPSA) is 145 Å². The Morgan fingerprint density at radius 2 is 1.50 bits per heavy atom. The third-order valence-corrected chi connectivity index (χ3v) is 6.83. The molecule has 9 nitrogen and oxygen atoms in total. The van der Waals surface area contributed by atoms with Crippen molar-refractivity contribution in [3.8, 4) is 5.75 Å². The third-order valence-electron chi connectivity index (χ3n) is 4.27. The first-order valence-electron chi connectivity index (χ1n) is 8.90. The van der Waals surface area contributed by atoms with Crippen molar-refractivity contribution in [3.05, 3.63) is 77.3 Å². The average molecular weight is 496 g/mol. The van der Waals surface area contributed by atoms with Crippen LogP contribution < -0.4 is 19.9 Å². The highest BCUT2D eigenvalue weighted by Crippen LogP contribution is 2.29. The van der Waals surface area contributed by atoms with E-state index in [-0.39, 0.29) is 26.9 Å². The van der Waals surface area contributed by atoms with E-state index in [1.807, 2.05) is 0 Å². The number of benzene rings is 3. The number of anilines is 2. The Morgan fingerprint density at radius 3 is 2.06 bits per heavy atom. The molecule has 0 fully saturated rings. The van der Waals surface area contributed by atoms with Gasteiger partial charge in [0.25, 0.3) is 15.9 Å². The molecule has 0 spiro atoms. The molecule has 3 aromatic carbocycles. The molecule has 1 amide bonds. The van der Waals surface area contributed by atoms with Gasteiger partial charge in [-0.15, -0.1) is 0 Å². The SMILES string of the molecule is COc1ccc(S(=O)(=O)Nc2ccc(S(N)(=O)=O)cc2)cc1NC(=O)c1ccc(Cl)cc1. The lowest BCUT2D eigenvalue weighted by molar-refractivity contribution is 0.102. The van der Waals surface area contributed by atoms with Crippen LogP contribution in [0.5, 0.6) is 5.75 Å². The summed E-state index contributed by atoms with van der Waals surface area (Å²) in [6.07, 6.45) is 0.